The minimum absolute atomic E-state index is 0.647. The zero-order chi connectivity index (χ0) is 18.2. The molecule has 0 aliphatic carbocycles. The molecule has 25 heavy (non-hydrogen) atoms. The number of aromatic nitrogens is 2. The van der Waals surface area contributed by atoms with Crippen LogP contribution in [-0.4, -0.2) is 23.1 Å². The van der Waals surface area contributed by atoms with Gasteiger partial charge in [0, 0.05) is 33.9 Å². The lowest BCUT2D eigenvalue weighted by atomic mass is 10.1. The monoisotopic (exact) mass is 401 g/mol. The number of rotatable bonds is 5. The molecule has 3 rings (SSSR count). The van der Waals surface area contributed by atoms with E-state index in [1.165, 1.54) is 0 Å². The summed E-state index contributed by atoms with van der Waals surface area (Å²) in [4.78, 5) is 9.22. The van der Waals surface area contributed by atoms with Crippen LogP contribution < -0.4 is 16.8 Å². The van der Waals surface area contributed by atoms with Crippen LogP contribution in [0.5, 0.6) is 0 Å². The lowest BCUT2D eigenvalue weighted by molar-refractivity contribution is 0.871. The summed E-state index contributed by atoms with van der Waals surface area (Å²) in [6, 6.07) is 11.7. The van der Waals surface area contributed by atoms with Gasteiger partial charge in [-0.15, -0.1) is 0 Å². The number of benzene rings is 1. The van der Waals surface area contributed by atoms with Crippen LogP contribution in [0.1, 0.15) is 20.3 Å². The second-order valence-corrected chi connectivity index (χ2v) is 6.09. The van der Waals surface area contributed by atoms with Crippen molar-refractivity contribution < 1.29 is 0 Å². The summed E-state index contributed by atoms with van der Waals surface area (Å²) in [6.45, 7) is 5.43. The Kier molecular flexibility index (Phi) is 7.16. The number of hydrogen-bond acceptors (Lipinski definition) is 5. The molecule has 0 fully saturated rings. The Hall–Kier alpha value is -2.18. The Morgan fingerprint density at radius 2 is 1.96 bits per heavy atom. The van der Waals surface area contributed by atoms with E-state index in [2.05, 4.69) is 26.2 Å². The van der Waals surface area contributed by atoms with Crippen molar-refractivity contribution in [2.24, 2.45) is 5.73 Å². The smallest absolute Gasteiger partial charge is 0.136 e. The largest absolute Gasteiger partial charge is 0.398 e. The molecule has 5 N–H and O–H groups in total. The van der Waals surface area contributed by atoms with Gasteiger partial charge in [-0.2, -0.15) is 0 Å². The maximum Gasteiger partial charge on any atom is 0.136 e. The van der Waals surface area contributed by atoms with E-state index in [4.69, 9.17) is 16.5 Å². The fourth-order valence-corrected chi connectivity index (χ4v) is 2.73. The van der Waals surface area contributed by atoms with Crippen molar-refractivity contribution in [3.8, 4) is 11.3 Å². The van der Waals surface area contributed by atoms with Crippen molar-refractivity contribution in [2.75, 3.05) is 24.1 Å². The molecule has 5 nitrogen and oxygen atoms in total. The van der Waals surface area contributed by atoms with E-state index in [1.807, 2.05) is 50.2 Å². The molecule has 3 aromatic rings. The van der Waals surface area contributed by atoms with Gasteiger partial charge in [0.25, 0.3) is 0 Å². The van der Waals surface area contributed by atoms with E-state index in [9.17, 15) is 0 Å². The van der Waals surface area contributed by atoms with Crippen LogP contribution in [0.25, 0.3) is 22.2 Å². The second-order valence-electron chi connectivity index (χ2n) is 5.23. The molecule has 0 saturated carbocycles. The Morgan fingerprint density at radius 3 is 2.68 bits per heavy atom. The fourth-order valence-electron chi connectivity index (χ4n) is 2.35. The van der Waals surface area contributed by atoms with Crippen LogP contribution in [-0.2, 0) is 0 Å². The van der Waals surface area contributed by atoms with Crippen LogP contribution in [0.15, 0.2) is 47.1 Å². The molecule has 0 spiro atoms. The van der Waals surface area contributed by atoms with Gasteiger partial charge in [-0.1, -0.05) is 19.9 Å². The van der Waals surface area contributed by atoms with Crippen LogP contribution in [0.4, 0.5) is 11.5 Å². The van der Waals surface area contributed by atoms with Gasteiger partial charge in [0.2, 0.25) is 0 Å². The van der Waals surface area contributed by atoms with E-state index in [0.717, 1.165) is 45.4 Å². The van der Waals surface area contributed by atoms with E-state index in [-0.39, 0.29) is 0 Å². The lowest BCUT2D eigenvalue weighted by Crippen LogP contribution is -2.10. The van der Waals surface area contributed by atoms with E-state index in [1.54, 1.807) is 6.20 Å². The fraction of sp³-hybridized carbons (Fsp3) is 0.263. The molecule has 0 bridgehead atoms. The predicted octanol–water partition coefficient (Wildman–Crippen LogP) is 4.43. The number of fused-ring (bicyclic) bond motifs is 1. The molecule has 0 unspecified atom stereocenters. The van der Waals surface area contributed by atoms with Gasteiger partial charge in [0.1, 0.15) is 5.82 Å². The average Bonchev–Trinajstić information content (AvgIpc) is 2.65. The molecular formula is C19H24BrN5. The summed E-state index contributed by atoms with van der Waals surface area (Å²) in [5.41, 5.74) is 14.9. The first-order valence-electron chi connectivity index (χ1n) is 8.44. The minimum Gasteiger partial charge on any atom is -0.398 e. The number of pyridine rings is 2. The second kappa shape index (κ2) is 9.34. The van der Waals surface area contributed by atoms with Crippen molar-refractivity contribution in [1.82, 2.24) is 9.97 Å². The molecular weight excluding hydrogens is 378 g/mol. The molecule has 6 heteroatoms. The maximum atomic E-state index is 5.86. The standard InChI is InChI=1S/C17H18BrN5.C2H6/c18-13-9-11(4-5-14(13)20)15-10-16-12(3-1-7-21-16)17(23-15)22-8-2-6-19;1-2/h1,3-5,7,9-10H,2,6,8,19-20H2,(H,22,23);1-2H3. The van der Waals surface area contributed by atoms with E-state index in [0.29, 0.717) is 12.2 Å². The van der Waals surface area contributed by atoms with Crippen molar-refractivity contribution in [1.29, 1.82) is 0 Å². The summed E-state index contributed by atoms with van der Waals surface area (Å²) in [5.74, 6) is 0.826. The minimum atomic E-state index is 0.647. The highest BCUT2D eigenvalue weighted by Crippen LogP contribution is 2.30. The molecule has 0 radical (unpaired) electrons. The van der Waals surface area contributed by atoms with Crippen LogP contribution >= 0.6 is 15.9 Å². The zero-order valence-electron chi connectivity index (χ0n) is 14.6. The molecule has 0 aliphatic rings. The first-order valence-corrected chi connectivity index (χ1v) is 9.23. The van der Waals surface area contributed by atoms with Crippen molar-refractivity contribution in [3.05, 3.63) is 47.1 Å². The number of anilines is 2. The van der Waals surface area contributed by atoms with Crippen LogP contribution in [0.3, 0.4) is 0 Å². The number of halogens is 1. The molecule has 2 aromatic heterocycles. The Bertz CT molecular complexity index is 835. The third-order valence-corrected chi connectivity index (χ3v) is 4.26. The average molecular weight is 402 g/mol. The van der Waals surface area contributed by atoms with Crippen LogP contribution in [0.2, 0.25) is 0 Å². The molecule has 132 valence electrons. The summed E-state index contributed by atoms with van der Waals surface area (Å²) < 4.78 is 0.857. The highest BCUT2D eigenvalue weighted by atomic mass is 79.9. The highest BCUT2D eigenvalue weighted by Gasteiger charge is 2.09. The van der Waals surface area contributed by atoms with Gasteiger partial charge >= 0.3 is 0 Å². The number of nitrogens with one attached hydrogen (secondary N) is 1. The van der Waals surface area contributed by atoms with Gasteiger partial charge in [0.05, 0.1) is 11.2 Å². The highest BCUT2D eigenvalue weighted by molar-refractivity contribution is 9.10. The zero-order valence-corrected chi connectivity index (χ0v) is 16.2. The number of nitrogen functional groups attached to an aromatic ring is 1. The first kappa shape index (κ1) is 19.1. The SMILES string of the molecule is CC.NCCCNc1nc(-c2ccc(N)c(Br)c2)cc2ncccc12. The molecule has 1 aromatic carbocycles. The van der Waals surface area contributed by atoms with Gasteiger partial charge < -0.3 is 16.8 Å². The van der Waals surface area contributed by atoms with Crippen LogP contribution in [0, 0.1) is 0 Å². The predicted molar refractivity (Wildman–Crippen MR) is 111 cm³/mol. The van der Waals surface area contributed by atoms with Gasteiger partial charge in [0.15, 0.2) is 0 Å². The summed E-state index contributed by atoms with van der Waals surface area (Å²) in [5, 5.41) is 4.36. The van der Waals surface area contributed by atoms with E-state index < -0.39 is 0 Å². The Balaban J connectivity index is 0.00000109. The number of nitrogens with zero attached hydrogens (tertiary/aromatic N) is 2. The topological polar surface area (TPSA) is 89.8 Å². The molecule has 0 amide bonds. The summed E-state index contributed by atoms with van der Waals surface area (Å²) >= 11 is 3.46. The molecule has 0 aliphatic heterocycles. The Labute approximate surface area is 157 Å². The Morgan fingerprint density at radius 1 is 1.16 bits per heavy atom. The van der Waals surface area contributed by atoms with E-state index >= 15 is 0 Å². The van der Waals surface area contributed by atoms with Gasteiger partial charge in [-0.05, 0) is 59.2 Å². The maximum absolute atomic E-state index is 5.86. The van der Waals surface area contributed by atoms with Gasteiger partial charge in [-0.3, -0.25) is 4.98 Å². The third-order valence-electron chi connectivity index (χ3n) is 3.57. The molecule has 2 heterocycles. The van der Waals surface area contributed by atoms with Crippen molar-refractivity contribution in [3.63, 3.8) is 0 Å². The van der Waals surface area contributed by atoms with Crippen molar-refractivity contribution in [2.45, 2.75) is 20.3 Å². The molecule has 0 atom stereocenters. The summed E-state index contributed by atoms with van der Waals surface area (Å²) in [6.07, 6.45) is 2.68. The van der Waals surface area contributed by atoms with Gasteiger partial charge in [-0.25, -0.2) is 4.98 Å². The number of nitrogens with two attached hydrogens (primary N) is 2. The van der Waals surface area contributed by atoms with Crippen molar-refractivity contribution >= 4 is 38.3 Å². The third kappa shape index (κ3) is 4.67. The quantitative estimate of drug-likeness (QED) is 0.434. The lowest BCUT2D eigenvalue weighted by Gasteiger charge is -2.11. The first-order chi connectivity index (χ1) is 12.2. The normalized spacial score (nSPS) is 10.2. The number of hydrogen-bond donors (Lipinski definition) is 3. The summed E-state index contributed by atoms with van der Waals surface area (Å²) in [7, 11) is 0. The molecule has 0 saturated heterocycles.